The first kappa shape index (κ1) is 8.47. The van der Waals surface area contributed by atoms with Crippen molar-refractivity contribution >= 4 is 5.78 Å². The number of aliphatic hydroxyl groups is 1. The smallest absolute Gasteiger partial charge is 0.161 e. The molecule has 1 rings (SSSR count). The van der Waals surface area contributed by atoms with Gasteiger partial charge in [0, 0.05) is 0 Å². The summed E-state index contributed by atoms with van der Waals surface area (Å²) < 4.78 is 0. The van der Waals surface area contributed by atoms with E-state index in [-0.39, 0.29) is 17.6 Å². The molecule has 11 heavy (non-hydrogen) atoms. The molecule has 1 N–H and O–H groups in total. The zero-order valence-corrected chi connectivity index (χ0v) is 6.95. The predicted molar refractivity (Wildman–Crippen MR) is 43.1 cm³/mol. The summed E-state index contributed by atoms with van der Waals surface area (Å²) in [5.74, 6) is 0.0741. The van der Waals surface area contributed by atoms with Crippen molar-refractivity contribution in [3.63, 3.8) is 0 Å². The number of aliphatic hydroxyl groups excluding tert-OH is 1. The lowest BCUT2D eigenvalue weighted by Gasteiger charge is -2.19. The number of carbonyl (C=O) groups excluding carboxylic acids is 1. The van der Waals surface area contributed by atoms with Crippen LogP contribution in [0.4, 0.5) is 0 Å². The molecule has 0 spiro atoms. The van der Waals surface area contributed by atoms with Crippen molar-refractivity contribution in [3.05, 3.63) is 12.2 Å². The van der Waals surface area contributed by atoms with Crippen molar-refractivity contribution in [3.8, 4) is 0 Å². The van der Waals surface area contributed by atoms with Crippen molar-refractivity contribution in [2.24, 2.45) is 11.8 Å². The summed E-state index contributed by atoms with van der Waals surface area (Å²) in [4.78, 5) is 11.1. The Bertz CT molecular complexity index is 182. The van der Waals surface area contributed by atoms with Crippen molar-refractivity contribution in [1.29, 1.82) is 0 Å². The average Bonchev–Trinajstić information content (AvgIpc) is 2.33. The van der Waals surface area contributed by atoms with Crippen LogP contribution in [-0.4, -0.2) is 17.0 Å². The van der Waals surface area contributed by atoms with Gasteiger partial charge >= 0.3 is 0 Å². The highest BCUT2D eigenvalue weighted by Gasteiger charge is 2.28. The highest BCUT2D eigenvalue weighted by Crippen LogP contribution is 2.22. The third kappa shape index (κ3) is 1.69. The first-order valence-corrected chi connectivity index (χ1v) is 4.01. The van der Waals surface area contributed by atoms with Gasteiger partial charge in [0.2, 0.25) is 0 Å². The zero-order chi connectivity index (χ0) is 8.43. The number of rotatable bonds is 2. The van der Waals surface area contributed by atoms with E-state index in [1.165, 1.54) is 0 Å². The Morgan fingerprint density at radius 1 is 1.64 bits per heavy atom. The molecule has 0 bridgehead atoms. The summed E-state index contributed by atoms with van der Waals surface area (Å²) in [5.41, 5.74) is 0. The maximum Gasteiger partial charge on any atom is 0.161 e. The molecule has 0 unspecified atom stereocenters. The van der Waals surface area contributed by atoms with E-state index in [2.05, 4.69) is 0 Å². The Hall–Kier alpha value is -0.630. The standard InChI is InChI=1S/C9H14O2/c1-6(2)9(11)7-4-3-5-8(7)10/h3,5-7,9,11H,4H2,1-2H3/t7-,9+/m0/s1. The van der Waals surface area contributed by atoms with Gasteiger partial charge in [-0.3, -0.25) is 4.79 Å². The molecule has 0 amide bonds. The van der Waals surface area contributed by atoms with Crippen molar-refractivity contribution in [1.82, 2.24) is 0 Å². The van der Waals surface area contributed by atoms with E-state index in [1.54, 1.807) is 6.08 Å². The third-order valence-corrected chi connectivity index (χ3v) is 2.13. The van der Waals surface area contributed by atoms with Gasteiger partial charge in [0.05, 0.1) is 12.0 Å². The van der Waals surface area contributed by atoms with Crippen LogP contribution in [0, 0.1) is 11.8 Å². The molecule has 0 radical (unpaired) electrons. The van der Waals surface area contributed by atoms with Crippen molar-refractivity contribution in [2.75, 3.05) is 0 Å². The lowest BCUT2D eigenvalue weighted by molar-refractivity contribution is -0.121. The fourth-order valence-corrected chi connectivity index (χ4v) is 1.34. The van der Waals surface area contributed by atoms with Crippen LogP contribution in [-0.2, 0) is 4.79 Å². The fraction of sp³-hybridized carbons (Fsp3) is 0.667. The van der Waals surface area contributed by atoms with Gasteiger partial charge in [-0.25, -0.2) is 0 Å². The Labute approximate surface area is 66.9 Å². The van der Waals surface area contributed by atoms with Gasteiger partial charge in [-0.05, 0) is 18.4 Å². The highest BCUT2D eigenvalue weighted by molar-refractivity contribution is 5.94. The minimum absolute atomic E-state index is 0.0752. The van der Waals surface area contributed by atoms with E-state index in [9.17, 15) is 9.90 Å². The molecule has 62 valence electrons. The lowest BCUT2D eigenvalue weighted by atomic mass is 9.91. The molecule has 1 aliphatic carbocycles. The van der Waals surface area contributed by atoms with Crippen molar-refractivity contribution in [2.45, 2.75) is 26.4 Å². The monoisotopic (exact) mass is 154 g/mol. The quantitative estimate of drug-likeness (QED) is 0.647. The van der Waals surface area contributed by atoms with E-state index in [4.69, 9.17) is 0 Å². The van der Waals surface area contributed by atoms with E-state index >= 15 is 0 Å². The molecule has 1 aliphatic rings. The molecule has 0 saturated carbocycles. The molecule has 0 aromatic rings. The van der Waals surface area contributed by atoms with Crippen LogP contribution in [0.2, 0.25) is 0 Å². The van der Waals surface area contributed by atoms with Crippen LogP contribution < -0.4 is 0 Å². The molecule has 0 heterocycles. The van der Waals surface area contributed by atoms with E-state index < -0.39 is 6.10 Å². The molecule has 0 aromatic heterocycles. The Morgan fingerprint density at radius 2 is 2.27 bits per heavy atom. The van der Waals surface area contributed by atoms with Crippen LogP contribution >= 0.6 is 0 Å². The lowest BCUT2D eigenvalue weighted by Crippen LogP contribution is -2.28. The number of hydrogen-bond acceptors (Lipinski definition) is 2. The predicted octanol–water partition coefficient (Wildman–Crippen LogP) is 1.15. The van der Waals surface area contributed by atoms with Crippen LogP contribution in [0.5, 0.6) is 0 Å². The van der Waals surface area contributed by atoms with Crippen LogP contribution in [0.3, 0.4) is 0 Å². The van der Waals surface area contributed by atoms with Crippen LogP contribution in [0.15, 0.2) is 12.2 Å². The number of hydrogen-bond donors (Lipinski definition) is 1. The summed E-state index contributed by atoms with van der Waals surface area (Å²) in [6.07, 6.45) is 3.63. The molecular weight excluding hydrogens is 140 g/mol. The topological polar surface area (TPSA) is 37.3 Å². The molecule has 2 heteroatoms. The SMILES string of the molecule is CC(C)[C@@H](O)[C@H]1CC=CC1=O. The van der Waals surface area contributed by atoms with Gasteiger partial charge < -0.3 is 5.11 Å². The first-order valence-electron chi connectivity index (χ1n) is 4.01. The average molecular weight is 154 g/mol. The Balaban J connectivity index is 2.55. The second-order valence-electron chi connectivity index (χ2n) is 3.38. The maximum atomic E-state index is 11.1. The molecule has 0 saturated heterocycles. The van der Waals surface area contributed by atoms with Gasteiger partial charge in [-0.15, -0.1) is 0 Å². The second-order valence-corrected chi connectivity index (χ2v) is 3.38. The molecular formula is C9H14O2. The van der Waals surface area contributed by atoms with Gasteiger partial charge in [0.15, 0.2) is 5.78 Å². The van der Waals surface area contributed by atoms with Gasteiger partial charge in [0.25, 0.3) is 0 Å². The van der Waals surface area contributed by atoms with Crippen molar-refractivity contribution < 1.29 is 9.90 Å². The van der Waals surface area contributed by atoms with Gasteiger partial charge in [-0.1, -0.05) is 19.9 Å². The van der Waals surface area contributed by atoms with Gasteiger partial charge in [-0.2, -0.15) is 0 Å². The summed E-state index contributed by atoms with van der Waals surface area (Å²) in [7, 11) is 0. The Kier molecular flexibility index (Phi) is 2.45. The fourth-order valence-electron chi connectivity index (χ4n) is 1.34. The minimum Gasteiger partial charge on any atom is -0.392 e. The Morgan fingerprint density at radius 3 is 2.64 bits per heavy atom. The van der Waals surface area contributed by atoms with Crippen LogP contribution in [0.25, 0.3) is 0 Å². The second kappa shape index (κ2) is 3.18. The molecule has 2 nitrogen and oxygen atoms in total. The zero-order valence-electron chi connectivity index (χ0n) is 6.95. The minimum atomic E-state index is -0.475. The molecule has 0 aromatic carbocycles. The summed E-state index contributed by atoms with van der Waals surface area (Å²) >= 11 is 0. The van der Waals surface area contributed by atoms with E-state index in [0.29, 0.717) is 6.42 Å². The third-order valence-electron chi connectivity index (χ3n) is 2.13. The van der Waals surface area contributed by atoms with Gasteiger partial charge in [0.1, 0.15) is 0 Å². The normalized spacial score (nSPS) is 26.5. The highest BCUT2D eigenvalue weighted by atomic mass is 16.3. The summed E-state index contributed by atoms with van der Waals surface area (Å²) in [5, 5.41) is 9.54. The van der Waals surface area contributed by atoms with E-state index in [1.807, 2.05) is 19.9 Å². The summed E-state index contributed by atoms with van der Waals surface area (Å²) in [6, 6.07) is 0. The molecule has 2 atom stereocenters. The summed E-state index contributed by atoms with van der Waals surface area (Å²) in [6.45, 7) is 3.85. The van der Waals surface area contributed by atoms with E-state index in [0.717, 1.165) is 0 Å². The molecule has 0 fully saturated rings. The number of carbonyl (C=O) groups is 1. The molecule has 0 aliphatic heterocycles. The first-order chi connectivity index (χ1) is 5.13. The largest absolute Gasteiger partial charge is 0.392 e. The van der Waals surface area contributed by atoms with Crippen LogP contribution in [0.1, 0.15) is 20.3 Å². The maximum absolute atomic E-state index is 11.1. The number of ketones is 1. The number of allylic oxidation sites excluding steroid dienone is 2.